The van der Waals surface area contributed by atoms with Crippen molar-refractivity contribution in [3.63, 3.8) is 0 Å². The number of halogens is 1. The minimum Gasteiger partial charge on any atom is -0.487 e. The Labute approximate surface area is 269 Å². The summed E-state index contributed by atoms with van der Waals surface area (Å²) < 4.78 is 14.1. The highest BCUT2D eigenvalue weighted by Crippen LogP contribution is 2.49. The number of rotatable bonds is 9. The fourth-order valence-corrected chi connectivity index (χ4v) is 7.36. The maximum absolute atomic E-state index is 11.7. The molecule has 3 aromatic heterocycles. The van der Waals surface area contributed by atoms with Crippen LogP contribution in [0.2, 0.25) is 5.02 Å². The molecule has 2 N–H and O–H groups in total. The average molecular weight is 637 g/mol. The number of carboxylic acid groups (broad SMARTS) is 1. The largest absolute Gasteiger partial charge is 0.487 e. The molecule has 3 aromatic carbocycles. The third-order valence-electron chi connectivity index (χ3n) is 8.03. The molecule has 6 aromatic rings. The van der Waals surface area contributed by atoms with Crippen LogP contribution in [0.25, 0.3) is 22.0 Å². The summed E-state index contributed by atoms with van der Waals surface area (Å²) in [5.41, 5.74) is 6.66. The lowest BCUT2D eigenvalue weighted by atomic mass is 10.0. The topological polar surface area (TPSA) is 97.7 Å². The molecule has 0 aliphatic carbocycles. The van der Waals surface area contributed by atoms with Gasteiger partial charge < -0.3 is 23.9 Å². The van der Waals surface area contributed by atoms with E-state index in [4.69, 9.17) is 20.8 Å². The van der Waals surface area contributed by atoms with Crippen LogP contribution < -0.4 is 4.74 Å². The monoisotopic (exact) mass is 636 g/mol. The molecule has 0 fully saturated rings. The van der Waals surface area contributed by atoms with Crippen LogP contribution in [-0.2, 0) is 19.6 Å². The molecule has 4 heterocycles. The molecular formula is C36H29ClN2O5S. The van der Waals surface area contributed by atoms with Crippen LogP contribution in [0.1, 0.15) is 51.9 Å². The van der Waals surface area contributed by atoms with Crippen molar-refractivity contribution in [3.05, 3.63) is 136 Å². The summed E-state index contributed by atoms with van der Waals surface area (Å²) in [5.74, 6) is -0.458. The van der Waals surface area contributed by atoms with Gasteiger partial charge in [0.05, 0.1) is 16.9 Å². The number of aliphatic hydroxyl groups excluding tert-OH is 1. The molecule has 0 spiro atoms. The van der Waals surface area contributed by atoms with Crippen molar-refractivity contribution in [2.24, 2.45) is 0 Å². The van der Waals surface area contributed by atoms with Gasteiger partial charge in [0.2, 0.25) is 5.76 Å². The van der Waals surface area contributed by atoms with E-state index in [1.807, 2.05) is 66.9 Å². The molecule has 9 heteroatoms. The number of carbonyl (C=O) groups is 1. The first kappa shape index (κ1) is 29.2. The number of nitrogens with zero attached hydrogens (tertiary/aromatic N) is 2. The van der Waals surface area contributed by atoms with Crippen LogP contribution >= 0.6 is 23.4 Å². The number of carboxylic acids is 1. The minimum absolute atomic E-state index is 0.172. The summed E-state index contributed by atoms with van der Waals surface area (Å²) in [6.45, 7) is 2.94. The third kappa shape index (κ3) is 5.73. The quantitative estimate of drug-likeness (QED) is 0.164. The van der Waals surface area contributed by atoms with Crippen molar-refractivity contribution in [1.82, 2.24) is 9.55 Å². The second-order valence-corrected chi connectivity index (χ2v) is 13.0. The molecular weight excluding hydrogens is 608 g/mol. The number of ether oxygens (including phenoxy) is 1. The van der Waals surface area contributed by atoms with Crippen LogP contribution in [0.5, 0.6) is 5.75 Å². The summed E-state index contributed by atoms with van der Waals surface area (Å²) in [4.78, 5) is 17.1. The molecule has 0 amide bonds. The molecule has 45 heavy (non-hydrogen) atoms. The highest BCUT2D eigenvalue weighted by atomic mass is 35.5. The smallest absolute Gasteiger partial charge is 0.371 e. The van der Waals surface area contributed by atoms with E-state index in [9.17, 15) is 15.0 Å². The van der Waals surface area contributed by atoms with E-state index in [2.05, 4.69) is 34.7 Å². The van der Waals surface area contributed by atoms with Gasteiger partial charge in [-0.25, -0.2) is 4.79 Å². The van der Waals surface area contributed by atoms with E-state index < -0.39 is 12.1 Å². The second kappa shape index (κ2) is 12.1. The average Bonchev–Trinajstić information content (AvgIpc) is 3.67. The minimum atomic E-state index is -1.19. The number of benzene rings is 3. The first-order valence-corrected chi connectivity index (χ1v) is 15.8. The fourth-order valence-electron chi connectivity index (χ4n) is 5.89. The first-order chi connectivity index (χ1) is 21.9. The number of aliphatic hydroxyl groups is 1. The predicted molar refractivity (Wildman–Crippen MR) is 175 cm³/mol. The Morgan fingerprint density at radius 2 is 1.84 bits per heavy atom. The van der Waals surface area contributed by atoms with Gasteiger partial charge in [-0.05, 0) is 60.0 Å². The maximum Gasteiger partial charge on any atom is 0.371 e. The molecule has 7 nitrogen and oxygen atoms in total. The van der Waals surface area contributed by atoms with Crippen molar-refractivity contribution < 1.29 is 24.2 Å². The molecule has 0 saturated heterocycles. The van der Waals surface area contributed by atoms with Crippen molar-refractivity contribution in [2.75, 3.05) is 0 Å². The van der Waals surface area contributed by atoms with Crippen molar-refractivity contribution >= 4 is 40.2 Å². The molecule has 1 aliphatic rings. The Balaban J connectivity index is 1.28. The maximum atomic E-state index is 11.7. The van der Waals surface area contributed by atoms with Crippen molar-refractivity contribution in [1.29, 1.82) is 0 Å². The lowest BCUT2D eigenvalue weighted by molar-refractivity contribution is 0.0654. The zero-order valence-electron chi connectivity index (χ0n) is 24.3. The van der Waals surface area contributed by atoms with Gasteiger partial charge in [-0.1, -0.05) is 67.1 Å². The van der Waals surface area contributed by atoms with E-state index in [0.29, 0.717) is 23.9 Å². The van der Waals surface area contributed by atoms with Gasteiger partial charge in [0, 0.05) is 44.4 Å². The molecule has 1 aliphatic heterocycles. The summed E-state index contributed by atoms with van der Waals surface area (Å²) in [6, 6.07) is 28.7. The number of thioether (sulfide) groups is 1. The third-order valence-corrected chi connectivity index (χ3v) is 9.50. The van der Waals surface area contributed by atoms with Gasteiger partial charge in [-0.3, -0.25) is 4.98 Å². The number of furan rings is 1. The fraction of sp³-hybridized carbons (Fsp3) is 0.167. The van der Waals surface area contributed by atoms with Crippen LogP contribution in [0.15, 0.2) is 107 Å². The highest BCUT2D eigenvalue weighted by Gasteiger charge is 2.33. The summed E-state index contributed by atoms with van der Waals surface area (Å²) in [6.07, 6.45) is 1.47. The van der Waals surface area contributed by atoms with Crippen molar-refractivity contribution in [3.8, 4) is 16.9 Å². The Morgan fingerprint density at radius 3 is 2.56 bits per heavy atom. The first-order valence-electron chi connectivity index (χ1n) is 14.6. The van der Waals surface area contributed by atoms with E-state index in [1.54, 1.807) is 11.8 Å². The van der Waals surface area contributed by atoms with Gasteiger partial charge in [0.15, 0.2) is 6.10 Å². The summed E-state index contributed by atoms with van der Waals surface area (Å²) in [7, 11) is 0. The molecule has 0 bridgehead atoms. The van der Waals surface area contributed by atoms with Gasteiger partial charge >= 0.3 is 5.97 Å². The number of aromatic carboxylic acids is 1. The molecule has 0 saturated carbocycles. The normalized spacial score (nSPS) is 14.9. The van der Waals surface area contributed by atoms with E-state index in [-0.39, 0.29) is 16.8 Å². The summed E-state index contributed by atoms with van der Waals surface area (Å²) in [5, 5.41) is 23.1. The number of pyridine rings is 1. The Hall–Kier alpha value is -4.50. The lowest BCUT2D eigenvalue weighted by Gasteiger charge is -2.22. The van der Waals surface area contributed by atoms with E-state index >= 15 is 0 Å². The number of hydrogen-bond acceptors (Lipinski definition) is 6. The van der Waals surface area contributed by atoms with Gasteiger partial charge in [0.1, 0.15) is 18.1 Å². The molecule has 226 valence electrons. The van der Waals surface area contributed by atoms with Crippen molar-refractivity contribution in [2.45, 2.75) is 42.7 Å². The standard InChI is InChI=1S/C36H29ClN2O5S/c1-21-17-27-29(43-20-26-12-9-24(18-38-26)23-5-3-2-4-6-23)14-13-28-32(27)35(45-21)33(34(40)30-15-16-31(44-30)36(41)42)39(28)19-22-7-10-25(37)11-8-22/h2-16,18,21,34,40H,17,19-20H2,1H3,(H,41,42). The highest BCUT2D eigenvalue weighted by molar-refractivity contribution is 8.00. The van der Waals surface area contributed by atoms with Crippen LogP contribution in [0.4, 0.5) is 0 Å². The van der Waals surface area contributed by atoms with Crippen LogP contribution in [0.3, 0.4) is 0 Å². The molecule has 2 unspecified atom stereocenters. The Morgan fingerprint density at radius 1 is 1.04 bits per heavy atom. The zero-order chi connectivity index (χ0) is 31.1. The molecule has 7 rings (SSSR count). The van der Waals surface area contributed by atoms with Crippen LogP contribution in [-0.4, -0.2) is 31.0 Å². The number of hydrogen-bond donors (Lipinski definition) is 2. The zero-order valence-corrected chi connectivity index (χ0v) is 25.9. The van der Waals surface area contributed by atoms with Gasteiger partial charge in [0.25, 0.3) is 0 Å². The van der Waals surface area contributed by atoms with Gasteiger partial charge in [-0.15, -0.1) is 11.8 Å². The number of aromatic nitrogens is 2. The van der Waals surface area contributed by atoms with Crippen LogP contribution in [0, 0.1) is 0 Å². The molecule has 0 radical (unpaired) electrons. The second-order valence-electron chi connectivity index (χ2n) is 11.1. The van der Waals surface area contributed by atoms with Gasteiger partial charge in [-0.2, -0.15) is 0 Å². The Kier molecular flexibility index (Phi) is 7.87. The Bertz CT molecular complexity index is 2000. The summed E-state index contributed by atoms with van der Waals surface area (Å²) >= 11 is 7.86. The SMILES string of the molecule is CC1Cc2c(OCc3ccc(-c4ccccc4)cn3)ccc3c2c(c(C(O)c2ccc(C(=O)O)o2)n3Cc2ccc(Cl)cc2)S1. The van der Waals surface area contributed by atoms with E-state index in [0.717, 1.165) is 55.9 Å². The predicted octanol–water partition coefficient (Wildman–Crippen LogP) is 8.39. The molecule has 2 atom stereocenters. The lowest BCUT2D eigenvalue weighted by Crippen LogP contribution is -2.12. The van der Waals surface area contributed by atoms with E-state index in [1.165, 1.54) is 12.1 Å².